The molecule has 0 fully saturated rings. The summed E-state index contributed by atoms with van der Waals surface area (Å²) in [6, 6.07) is 0. The largest absolute Gasteiger partial charge is 0.384 e. The molecule has 0 saturated carbocycles. The summed E-state index contributed by atoms with van der Waals surface area (Å²) in [7, 11) is 0. The van der Waals surface area contributed by atoms with Gasteiger partial charge in [-0.15, -0.1) is 0 Å². The maximum Gasteiger partial charge on any atom is 0.116 e. The molecule has 0 aliphatic carbocycles. The van der Waals surface area contributed by atoms with Gasteiger partial charge in [0.2, 0.25) is 0 Å². The molecule has 0 atom stereocenters. The van der Waals surface area contributed by atoms with Crippen LogP contribution in [0.5, 0.6) is 0 Å². The molecule has 0 heterocycles. The Labute approximate surface area is 99.9 Å². The number of hydrogen-bond acceptors (Lipinski definition) is 2. The minimum atomic E-state index is 0.00418. The molecule has 0 aliphatic rings. The van der Waals surface area contributed by atoms with Crippen LogP contribution in [-0.2, 0) is 0 Å². The molecule has 0 rings (SSSR count). The summed E-state index contributed by atoms with van der Waals surface area (Å²) in [6.07, 6.45) is 8.06. The van der Waals surface area contributed by atoms with Gasteiger partial charge >= 0.3 is 0 Å². The molecule has 0 saturated heterocycles. The van der Waals surface area contributed by atoms with Crippen molar-refractivity contribution in [2.45, 2.75) is 27.7 Å². The lowest BCUT2D eigenvalue weighted by molar-refractivity contribution is 1.11. The number of rotatable bonds is 5. The molecule has 0 unspecified atom stereocenters. The summed E-state index contributed by atoms with van der Waals surface area (Å²) in [5, 5.41) is 9.76. The first-order valence-corrected chi connectivity index (χ1v) is 5.43. The molecule has 3 heteroatoms. The van der Waals surface area contributed by atoms with E-state index >= 15 is 0 Å². The van der Waals surface area contributed by atoms with Crippen molar-refractivity contribution in [2.75, 3.05) is 0 Å². The Bertz CT molecular complexity index is 238. The molecule has 92 valence electrons. The summed E-state index contributed by atoms with van der Waals surface area (Å²) in [5.74, 6) is 0.00418. The predicted molar refractivity (Wildman–Crippen MR) is 75.4 cm³/mol. The number of nitrogens with one attached hydrogen (secondary N) is 2. The van der Waals surface area contributed by atoms with Gasteiger partial charge in [0.05, 0.1) is 0 Å². The Hall–Kier alpha value is -1.77. The monoisotopic (exact) mass is 223 g/mol. The van der Waals surface area contributed by atoms with Crippen LogP contribution in [0, 0.1) is 5.41 Å². The summed E-state index contributed by atoms with van der Waals surface area (Å²) >= 11 is 0. The minimum Gasteiger partial charge on any atom is -0.384 e. The van der Waals surface area contributed by atoms with Gasteiger partial charge in [-0.3, -0.25) is 5.41 Å². The van der Waals surface area contributed by atoms with Crippen LogP contribution in [0.25, 0.3) is 0 Å². The van der Waals surface area contributed by atoms with Crippen LogP contribution >= 0.6 is 0 Å². The first-order valence-electron chi connectivity index (χ1n) is 5.43. The smallest absolute Gasteiger partial charge is 0.116 e. The SMILES string of the molecule is C=C/C=C(\C=C)N/C=C\C(=N)N.CC.CC. The van der Waals surface area contributed by atoms with Gasteiger partial charge in [-0.1, -0.05) is 46.9 Å². The molecule has 0 aromatic carbocycles. The zero-order chi connectivity index (χ0) is 13.4. The maximum absolute atomic E-state index is 6.88. The van der Waals surface area contributed by atoms with Crippen molar-refractivity contribution in [3.8, 4) is 0 Å². The highest BCUT2D eigenvalue weighted by molar-refractivity contribution is 5.88. The second kappa shape index (κ2) is 18.9. The Balaban J connectivity index is -0.000000376. The fourth-order valence-corrected chi connectivity index (χ4v) is 0.530. The predicted octanol–water partition coefficient (Wildman–Crippen LogP) is 3.33. The van der Waals surface area contributed by atoms with Crippen LogP contribution in [0.4, 0.5) is 0 Å². The third kappa shape index (κ3) is 18.1. The van der Waals surface area contributed by atoms with Crippen molar-refractivity contribution in [1.82, 2.24) is 5.32 Å². The number of amidine groups is 1. The van der Waals surface area contributed by atoms with Gasteiger partial charge in [-0.2, -0.15) is 0 Å². The van der Waals surface area contributed by atoms with Crippen molar-refractivity contribution in [1.29, 1.82) is 5.41 Å². The lowest BCUT2D eigenvalue weighted by Gasteiger charge is -1.98. The fraction of sp³-hybridized carbons (Fsp3) is 0.308. The van der Waals surface area contributed by atoms with Gasteiger partial charge in [0.25, 0.3) is 0 Å². The van der Waals surface area contributed by atoms with Gasteiger partial charge < -0.3 is 11.1 Å². The normalized spacial score (nSPS) is 9.12. The highest BCUT2D eigenvalue weighted by Gasteiger charge is 1.82. The molecule has 4 N–H and O–H groups in total. The zero-order valence-electron chi connectivity index (χ0n) is 10.9. The zero-order valence-corrected chi connectivity index (χ0v) is 10.9. The van der Waals surface area contributed by atoms with Crippen LogP contribution < -0.4 is 11.1 Å². The van der Waals surface area contributed by atoms with Crippen molar-refractivity contribution < 1.29 is 0 Å². The van der Waals surface area contributed by atoms with Crippen molar-refractivity contribution in [2.24, 2.45) is 5.73 Å². The highest BCUT2D eigenvalue weighted by atomic mass is 14.8. The standard InChI is InChI=1S/C9H13N3.2C2H6/c1-3-5-8(4-2)12-7-6-9(10)11;2*1-2/h3-7,12H,1-2H2,(H3,10,11);2*1-2H3/b7-6-,8-5+;;. The van der Waals surface area contributed by atoms with E-state index in [1.54, 1.807) is 24.4 Å². The second-order valence-electron chi connectivity index (χ2n) is 1.99. The summed E-state index contributed by atoms with van der Waals surface area (Å²) in [5.41, 5.74) is 5.89. The molecule has 0 aliphatic heterocycles. The van der Waals surface area contributed by atoms with E-state index in [0.717, 1.165) is 5.70 Å². The topological polar surface area (TPSA) is 61.9 Å². The quantitative estimate of drug-likeness (QED) is 0.380. The fourth-order valence-electron chi connectivity index (χ4n) is 0.530. The van der Waals surface area contributed by atoms with Crippen molar-refractivity contribution in [3.63, 3.8) is 0 Å². The number of nitrogens with two attached hydrogens (primary N) is 1. The molecule has 0 spiro atoms. The summed E-state index contributed by atoms with van der Waals surface area (Å²) in [4.78, 5) is 0. The number of hydrogen-bond donors (Lipinski definition) is 3. The third-order valence-electron chi connectivity index (χ3n) is 1.03. The molecule has 0 aromatic rings. The molecule has 16 heavy (non-hydrogen) atoms. The lowest BCUT2D eigenvalue weighted by atomic mass is 10.4. The van der Waals surface area contributed by atoms with Gasteiger partial charge in [-0.05, 0) is 18.2 Å². The molecule has 3 nitrogen and oxygen atoms in total. The lowest BCUT2D eigenvalue weighted by Crippen LogP contribution is -2.08. The van der Waals surface area contributed by atoms with Crippen LogP contribution in [0.15, 0.2) is 49.4 Å². The first kappa shape index (κ1) is 19.7. The Morgan fingerprint density at radius 3 is 2.00 bits per heavy atom. The molecule has 0 radical (unpaired) electrons. The van der Waals surface area contributed by atoms with Gasteiger partial charge in [-0.25, -0.2) is 0 Å². The van der Waals surface area contributed by atoms with Crippen molar-refractivity contribution in [3.05, 3.63) is 49.4 Å². The molecule has 0 bridgehead atoms. The Morgan fingerprint density at radius 1 is 1.19 bits per heavy atom. The van der Waals surface area contributed by atoms with Crippen LogP contribution in [-0.4, -0.2) is 5.84 Å². The van der Waals surface area contributed by atoms with Gasteiger partial charge in [0.1, 0.15) is 5.84 Å². The van der Waals surface area contributed by atoms with E-state index in [0.29, 0.717) is 0 Å². The Morgan fingerprint density at radius 2 is 1.69 bits per heavy atom. The Kier molecular flexibility index (Phi) is 23.3. The molecular formula is C13H25N3. The van der Waals surface area contributed by atoms with Crippen LogP contribution in [0.2, 0.25) is 0 Å². The second-order valence-corrected chi connectivity index (χ2v) is 1.99. The van der Waals surface area contributed by atoms with Gasteiger partial charge in [0.15, 0.2) is 0 Å². The van der Waals surface area contributed by atoms with E-state index < -0.39 is 0 Å². The minimum absolute atomic E-state index is 0.00418. The average Bonchev–Trinajstić information content (AvgIpc) is 2.33. The van der Waals surface area contributed by atoms with E-state index in [1.165, 1.54) is 6.08 Å². The van der Waals surface area contributed by atoms with Gasteiger partial charge in [0, 0.05) is 11.9 Å². The first-order chi connectivity index (χ1) is 7.70. The van der Waals surface area contributed by atoms with E-state index in [1.807, 2.05) is 27.7 Å². The molecule has 0 aromatic heterocycles. The van der Waals surface area contributed by atoms with Crippen LogP contribution in [0.1, 0.15) is 27.7 Å². The molecule has 0 amide bonds. The van der Waals surface area contributed by atoms with E-state index in [2.05, 4.69) is 18.5 Å². The maximum atomic E-state index is 6.88. The highest BCUT2D eigenvalue weighted by Crippen LogP contribution is 1.89. The summed E-state index contributed by atoms with van der Waals surface area (Å²) < 4.78 is 0. The van der Waals surface area contributed by atoms with E-state index in [4.69, 9.17) is 11.1 Å². The van der Waals surface area contributed by atoms with E-state index in [-0.39, 0.29) is 5.84 Å². The van der Waals surface area contributed by atoms with Crippen LogP contribution in [0.3, 0.4) is 0 Å². The molecular weight excluding hydrogens is 198 g/mol. The van der Waals surface area contributed by atoms with Crippen molar-refractivity contribution >= 4 is 5.84 Å². The summed E-state index contributed by atoms with van der Waals surface area (Å²) in [6.45, 7) is 15.1. The third-order valence-corrected chi connectivity index (χ3v) is 1.03. The van der Waals surface area contributed by atoms with E-state index in [9.17, 15) is 0 Å². The number of allylic oxidation sites excluding steroid dienone is 3. The average molecular weight is 223 g/mol.